The molecular formula is C12H16OS. The number of hydrogen-bond donors (Lipinski definition) is 1. The van der Waals surface area contributed by atoms with E-state index in [1.54, 1.807) is 6.08 Å². The second kappa shape index (κ2) is 7.42. The van der Waals surface area contributed by atoms with Crippen LogP contribution in [0.3, 0.4) is 0 Å². The zero-order valence-corrected chi connectivity index (χ0v) is 9.47. The van der Waals surface area contributed by atoms with E-state index in [1.807, 2.05) is 38.2 Å². The van der Waals surface area contributed by atoms with Gasteiger partial charge in [0.2, 0.25) is 0 Å². The fourth-order valence-corrected chi connectivity index (χ4v) is 0.885. The minimum Gasteiger partial charge on any atom is -0.326 e. The summed E-state index contributed by atoms with van der Waals surface area (Å²) in [5.74, 6) is 0. The Labute approximate surface area is 90.4 Å². The summed E-state index contributed by atoms with van der Waals surface area (Å²) in [5, 5.41) is 0. The van der Waals surface area contributed by atoms with Crippen molar-refractivity contribution in [2.75, 3.05) is 0 Å². The van der Waals surface area contributed by atoms with Gasteiger partial charge in [0, 0.05) is 16.9 Å². The van der Waals surface area contributed by atoms with Crippen LogP contribution < -0.4 is 0 Å². The highest BCUT2D eigenvalue weighted by Gasteiger charge is 1.89. The molecule has 0 aromatic heterocycles. The summed E-state index contributed by atoms with van der Waals surface area (Å²) in [6.07, 6.45) is 9.23. The SMILES string of the molecule is C=C/C=C(/C)C(=C)/C=C\C=C(/C)SO. The normalized spacial score (nSPS) is 13.4. The largest absolute Gasteiger partial charge is 0.326 e. The van der Waals surface area contributed by atoms with Gasteiger partial charge in [0.05, 0.1) is 0 Å². The maximum atomic E-state index is 8.66. The Morgan fingerprint density at radius 1 is 1.29 bits per heavy atom. The van der Waals surface area contributed by atoms with Gasteiger partial charge in [0.15, 0.2) is 0 Å². The average Bonchev–Trinajstić information content (AvgIpc) is 2.17. The molecule has 0 amide bonds. The van der Waals surface area contributed by atoms with E-state index in [0.29, 0.717) is 0 Å². The van der Waals surface area contributed by atoms with Crippen molar-refractivity contribution >= 4 is 12.0 Å². The zero-order chi connectivity index (χ0) is 11.0. The summed E-state index contributed by atoms with van der Waals surface area (Å²) in [5.41, 5.74) is 2.02. The van der Waals surface area contributed by atoms with Crippen molar-refractivity contribution in [3.05, 3.63) is 59.6 Å². The van der Waals surface area contributed by atoms with Gasteiger partial charge in [-0.3, -0.25) is 0 Å². The first-order chi connectivity index (χ1) is 6.61. The molecule has 1 nitrogen and oxygen atoms in total. The second-order valence-corrected chi connectivity index (χ2v) is 3.66. The molecule has 0 spiro atoms. The molecule has 0 heterocycles. The molecular weight excluding hydrogens is 192 g/mol. The molecule has 2 heteroatoms. The molecule has 0 saturated heterocycles. The molecule has 14 heavy (non-hydrogen) atoms. The minimum atomic E-state index is 0.745. The molecule has 0 atom stereocenters. The van der Waals surface area contributed by atoms with Crippen LogP contribution in [-0.2, 0) is 0 Å². The van der Waals surface area contributed by atoms with Crippen LogP contribution >= 0.6 is 12.0 Å². The van der Waals surface area contributed by atoms with Gasteiger partial charge in [-0.1, -0.05) is 43.5 Å². The topological polar surface area (TPSA) is 20.2 Å². The lowest BCUT2D eigenvalue weighted by Gasteiger charge is -1.97. The summed E-state index contributed by atoms with van der Waals surface area (Å²) >= 11 is 0.745. The molecule has 0 aromatic rings. The van der Waals surface area contributed by atoms with Crippen LogP contribution in [0.2, 0.25) is 0 Å². The Morgan fingerprint density at radius 2 is 1.93 bits per heavy atom. The summed E-state index contributed by atoms with van der Waals surface area (Å²) in [4.78, 5) is 0.847. The van der Waals surface area contributed by atoms with Crippen LogP contribution in [-0.4, -0.2) is 4.55 Å². The van der Waals surface area contributed by atoms with Crippen molar-refractivity contribution in [1.82, 2.24) is 0 Å². The van der Waals surface area contributed by atoms with Gasteiger partial charge >= 0.3 is 0 Å². The van der Waals surface area contributed by atoms with Crippen LogP contribution in [0.5, 0.6) is 0 Å². The zero-order valence-electron chi connectivity index (χ0n) is 8.66. The standard InChI is InChI=1S/C12H16OS/c1-5-7-10(2)11(3)8-6-9-12(4)14-13/h5-9,13H,1,3H2,2,4H3/b8-6-,10-7-,12-9+. The van der Waals surface area contributed by atoms with Crippen molar-refractivity contribution in [1.29, 1.82) is 0 Å². The lowest BCUT2D eigenvalue weighted by atomic mass is 10.1. The molecule has 0 bridgehead atoms. The quantitative estimate of drug-likeness (QED) is 0.535. The number of hydrogen-bond acceptors (Lipinski definition) is 2. The Balaban J connectivity index is 4.33. The van der Waals surface area contributed by atoms with Gasteiger partial charge in [-0.2, -0.15) is 0 Å². The molecule has 0 aromatic carbocycles. The molecule has 1 N–H and O–H groups in total. The predicted octanol–water partition coefficient (Wildman–Crippen LogP) is 4.34. The van der Waals surface area contributed by atoms with Crippen LogP contribution in [0.4, 0.5) is 0 Å². The Hall–Kier alpha value is -0.990. The van der Waals surface area contributed by atoms with Gasteiger partial charge in [-0.25, -0.2) is 0 Å². The summed E-state index contributed by atoms with van der Waals surface area (Å²) < 4.78 is 8.66. The second-order valence-electron chi connectivity index (χ2n) is 2.84. The van der Waals surface area contributed by atoms with Crippen molar-refractivity contribution in [2.24, 2.45) is 0 Å². The fraction of sp³-hybridized carbons (Fsp3) is 0.167. The molecule has 0 radical (unpaired) electrons. The smallest absolute Gasteiger partial charge is 0.0196 e. The monoisotopic (exact) mass is 208 g/mol. The molecule has 0 aliphatic carbocycles. The first kappa shape index (κ1) is 13.0. The molecule has 0 aliphatic rings. The van der Waals surface area contributed by atoms with E-state index < -0.39 is 0 Å². The van der Waals surface area contributed by atoms with Gasteiger partial charge in [0.1, 0.15) is 0 Å². The van der Waals surface area contributed by atoms with E-state index in [4.69, 9.17) is 4.55 Å². The van der Waals surface area contributed by atoms with Gasteiger partial charge < -0.3 is 4.55 Å². The lowest BCUT2D eigenvalue weighted by Crippen LogP contribution is -1.76. The predicted molar refractivity (Wildman–Crippen MR) is 66.2 cm³/mol. The van der Waals surface area contributed by atoms with E-state index in [0.717, 1.165) is 28.1 Å². The molecule has 0 fully saturated rings. The van der Waals surface area contributed by atoms with Crippen molar-refractivity contribution in [2.45, 2.75) is 13.8 Å². The van der Waals surface area contributed by atoms with Crippen molar-refractivity contribution in [3.63, 3.8) is 0 Å². The maximum absolute atomic E-state index is 8.66. The number of rotatable bonds is 5. The molecule has 0 unspecified atom stereocenters. The van der Waals surface area contributed by atoms with E-state index in [2.05, 4.69) is 13.2 Å². The molecule has 0 rings (SSSR count). The first-order valence-corrected chi connectivity index (χ1v) is 5.04. The van der Waals surface area contributed by atoms with E-state index in [1.165, 1.54) is 0 Å². The Kier molecular flexibility index (Phi) is 6.89. The van der Waals surface area contributed by atoms with Crippen LogP contribution in [0, 0.1) is 0 Å². The third-order valence-electron chi connectivity index (χ3n) is 1.65. The fourth-order valence-electron chi connectivity index (χ4n) is 0.745. The molecule has 76 valence electrons. The Bertz CT molecular complexity index is 295. The van der Waals surface area contributed by atoms with E-state index >= 15 is 0 Å². The third kappa shape index (κ3) is 5.62. The number of allylic oxidation sites excluding steroid dienone is 8. The lowest BCUT2D eigenvalue weighted by molar-refractivity contribution is 0.669. The first-order valence-electron chi connectivity index (χ1n) is 4.26. The van der Waals surface area contributed by atoms with Gasteiger partial charge in [-0.05, 0) is 25.0 Å². The summed E-state index contributed by atoms with van der Waals surface area (Å²) in [6, 6.07) is 0. The van der Waals surface area contributed by atoms with Crippen LogP contribution in [0.15, 0.2) is 59.6 Å². The third-order valence-corrected chi connectivity index (χ3v) is 2.07. The van der Waals surface area contributed by atoms with E-state index in [9.17, 15) is 0 Å². The Morgan fingerprint density at radius 3 is 2.43 bits per heavy atom. The average molecular weight is 208 g/mol. The van der Waals surface area contributed by atoms with Crippen LogP contribution in [0.25, 0.3) is 0 Å². The maximum Gasteiger partial charge on any atom is 0.0196 e. The highest BCUT2D eigenvalue weighted by molar-refractivity contribution is 7.97. The van der Waals surface area contributed by atoms with Crippen molar-refractivity contribution < 1.29 is 4.55 Å². The summed E-state index contributed by atoms with van der Waals surface area (Å²) in [7, 11) is 0. The van der Waals surface area contributed by atoms with E-state index in [-0.39, 0.29) is 0 Å². The van der Waals surface area contributed by atoms with Crippen molar-refractivity contribution in [3.8, 4) is 0 Å². The highest BCUT2D eigenvalue weighted by atomic mass is 32.2. The van der Waals surface area contributed by atoms with Crippen LogP contribution in [0.1, 0.15) is 13.8 Å². The molecule has 0 saturated carbocycles. The minimum absolute atomic E-state index is 0.745. The van der Waals surface area contributed by atoms with Gasteiger partial charge in [0.25, 0.3) is 0 Å². The summed E-state index contributed by atoms with van der Waals surface area (Å²) in [6.45, 7) is 11.3. The molecule has 0 aliphatic heterocycles. The highest BCUT2D eigenvalue weighted by Crippen LogP contribution is 2.11. The van der Waals surface area contributed by atoms with Gasteiger partial charge in [-0.15, -0.1) is 0 Å².